The molecule has 2 amide bonds. The van der Waals surface area contributed by atoms with Crippen molar-refractivity contribution in [2.45, 2.75) is 0 Å². The maximum absolute atomic E-state index is 13.3. The van der Waals surface area contributed by atoms with Gasteiger partial charge in [-0.1, -0.05) is 41.9 Å². The van der Waals surface area contributed by atoms with E-state index >= 15 is 0 Å². The van der Waals surface area contributed by atoms with Crippen LogP contribution in [0.15, 0.2) is 91.4 Å². The van der Waals surface area contributed by atoms with Gasteiger partial charge in [-0.3, -0.25) is 0 Å². The Labute approximate surface area is 199 Å². The van der Waals surface area contributed by atoms with Gasteiger partial charge in [0.15, 0.2) is 11.5 Å². The first-order valence-electron chi connectivity index (χ1n) is 10.3. The molecule has 0 saturated heterocycles. The molecule has 0 spiro atoms. The molecule has 0 aliphatic rings. The SMILES string of the molecule is O=C(Nc1cccc(-c2cn3ccnc3c(Nc3ccccc3)n2)c1)Nc1ccc(F)c(Cl)c1. The second-order valence-electron chi connectivity index (χ2n) is 7.41. The Hall–Kier alpha value is -4.43. The summed E-state index contributed by atoms with van der Waals surface area (Å²) in [7, 11) is 0. The highest BCUT2D eigenvalue weighted by Crippen LogP contribution is 2.26. The first-order chi connectivity index (χ1) is 16.5. The van der Waals surface area contributed by atoms with E-state index in [1.807, 2.05) is 65.3 Å². The third-order valence-corrected chi connectivity index (χ3v) is 5.29. The lowest BCUT2D eigenvalue weighted by Gasteiger charge is -2.12. The molecule has 7 nitrogen and oxygen atoms in total. The minimum atomic E-state index is -0.552. The molecule has 0 aliphatic carbocycles. The highest BCUT2D eigenvalue weighted by molar-refractivity contribution is 6.31. The van der Waals surface area contributed by atoms with Gasteiger partial charge in [-0.05, 0) is 42.5 Å². The van der Waals surface area contributed by atoms with Crippen molar-refractivity contribution in [3.8, 4) is 11.3 Å². The number of carbonyl (C=O) groups is 1. The zero-order valence-electron chi connectivity index (χ0n) is 17.7. The summed E-state index contributed by atoms with van der Waals surface area (Å²) < 4.78 is 15.2. The van der Waals surface area contributed by atoms with Crippen LogP contribution < -0.4 is 16.0 Å². The maximum Gasteiger partial charge on any atom is 0.323 e. The van der Waals surface area contributed by atoms with Crippen molar-refractivity contribution in [3.63, 3.8) is 0 Å². The fraction of sp³-hybridized carbons (Fsp3) is 0. The van der Waals surface area contributed by atoms with E-state index in [4.69, 9.17) is 16.6 Å². The van der Waals surface area contributed by atoms with Gasteiger partial charge in [0.1, 0.15) is 5.82 Å². The van der Waals surface area contributed by atoms with E-state index in [2.05, 4.69) is 20.9 Å². The van der Waals surface area contributed by atoms with Crippen LogP contribution >= 0.6 is 11.6 Å². The molecule has 0 fully saturated rings. The molecule has 0 bridgehead atoms. The van der Waals surface area contributed by atoms with Crippen LogP contribution in [-0.2, 0) is 0 Å². The molecular formula is C25H18ClFN6O. The van der Waals surface area contributed by atoms with Gasteiger partial charge in [-0.2, -0.15) is 0 Å². The molecule has 2 aromatic heterocycles. The summed E-state index contributed by atoms with van der Waals surface area (Å²) in [5, 5.41) is 8.65. The number of urea groups is 1. The van der Waals surface area contributed by atoms with E-state index in [-0.39, 0.29) is 5.02 Å². The number of nitrogens with zero attached hydrogens (tertiary/aromatic N) is 3. The zero-order valence-corrected chi connectivity index (χ0v) is 18.4. The van der Waals surface area contributed by atoms with Gasteiger partial charge in [0, 0.05) is 41.2 Å². The van der Waals surface area contributed by atoms with Crippen molar-refractivity contribution in [1.29, 1.82) is 0 Å². The molecule has 0 aliphatic heterocycles. The van der Waals surface area contributed by atoms with Gasteiger partial charge in [-0.15, -0.1) is 0 Å². The number of fused-ring (bicyclic) bond motifs is 1. The number of halogens is 2. The summed E-state index contributed by atoms with van der Waals surface area (Å²) in [6.07, 6.45) is 5.43. The molecule has 0 atom stereocenters. The molecule has 5 aromatic rings. The van der Waals surface area contributed by atoms with Crippen LogP contribution in [0.3, 0.4) is 0 Å². The lowest BCUT2D eigenvalue weighted by atomic mass is 10.1. The van der Waals surface area contributed by atoms with Crippen molar-refractivity contribution in [2.24, 2.45) is 0 Å². The van der Waals surface area contributed by atoms with Crippen molar-refractivity contribution < 1.29 is 9.18 Å². The fourth-order valence-electron chi connectivity index (χ4n) is 3.44. The van der Waals surface area contributed by atoms with E-state index in [9.17, 15) is 9.18 Å². The van der Waals surface area contributed by atoms with Crippen molar-refractivity contribution >= 4 is 46.2 Å². The third-order valence-electron chi connectivity index (χ3n) is 5.00. The molecule has 3 aromatic carbocycles. The average molecular weight is 473 g/mol. The third kappa shape index (κ3) is 4.67. The normalized spacial score (nSPS) is 10.8. The first kappa shape index (κ1) is 21.4. The number of rotatable bonds is 5. The Kier molecular flexibility index (Phi) is 5.80. The average Bonchev–Trinajstić information content (AvgIpc) is 3.31. The molecular weight excluding hydrogens is 455 g/mol. The second-order valence-corrected chi connectivity index (χ2v) is 7.82. The van der Waals surface area contributed by atoms with Crippen molar-refractivity contribution in [1.82, 2.24) is 14.4 Å². The van der Waals surface area contributed by atoms with Crippen molar-refractivity contribution in [2.75, 3.05) is 16.0 Å². The smallest absolute Gasteiger partial charge is 0.323 e. The summed E-state index contributed by atoms with van der Waals surface area (Å²) in [5.41, 5.74) is 4.02. The monoisotopic (exact) mass is 472 g/mol. The number of amides is 2. The minimum Gasteiger partial charge on any atom is -0.337 e. The van der Waals surface area contributed by atoms with Gasteiger partial charge in [0.05, 0.1) is 10.7 Å². The predicted molar refractivity (Wildman–Crippen MR) is 132 cm³/mol. The molecule has 0 saturated carbocycles. The fourth-order valence-corrected chi connectivity index (χ4v) is 3.62. The van der Waals surface area contributed by atoms with E-state index in [1.165, 1.54) is 18.2 Å². The first-order valence-corrected chi connectivity index (χ1v) is 10.7. The van der Waals surface area contributed by atoms with Crippen LogP contribution in [0.25, 0.3) is 16.9 Å². The number of imidazole rings is 1. The summed E-state index contributed by atoms with van der Waals surface area (Å²) in [6.45, 7) is 0. The van der Waals surface area contributed by atoms with E-state index in [0.29, 0.717) is 28.5 Å². The summed E-state index contributed by atoms with van der Waals surface area (Å²) in [4.78, 5) is 21.6. The van der Waals surface area contributed by atoms with Crippen LogP contribution in [0.2, 0.25) is 5.02 Å². The molecule has 2 heterocycles. The van der Waals surface area contributed by atoms with Gasteiger partial charge in [0.2, 0.25) is 0 Å². The summed E-state index contributed by atoms with van der Waals surface area (Å²) in [6, 6.07) is 20.5. The topological polar surface area (TPSA) is 83.4 Å². The Morgan fingerprint density at radius 3 is 2.47 bits per heavy atom. The second kappa shape index (κ2) is 9.21. The van der Waals surface area contributed by atoms with Gasteiger partial charge < -0.3 is 20.4 Å². The number of para-hydroxylation sites is 1. The number of carbonyl (C=O) groups excluding carboxylic acids is 1. The number of aromatic nitrogens is 3. The van der Waals surface area contributed by atoms with E-state index in [0.717, 1.165) is 11.3 Å². The van der Waals surface area contributed by atoms with Gasteiger partial charge >= 0.3 is 6.03 Å². The molecule has 34 heavy (non-hydrogen) atoms. The van der Waals surface area contributed by atoms with Crippen LogP contribution in [0.5, 0.6) is 0 Å². The maximum atomic E-state index is 13.3. The van der Waals surface area contributed by atoms with Crippen LogP contribution in [0, 0.1) is 5.82 Å². The number of hydrogen-bond acceptors (Lipinski definition) is 4. The van der Waals surface area contributed by atoms with Crippen LogP contribution in [0.1, 0.15) is 0 Å². The molecule has 0 unspecified atom stereocenters. The van der Waals surface area contributed by atoms with Crippen molar-refractivity contribution in [3.05, 3.63) is 102 Å². The molecule has 5 rings (SSSR count). The van der Waals surface area contributed by atoms with Crippen LogP contribution in [0.4, 0.5) is 32.1 Å². The highest BCUT2D eigenvalue weighted by Gasteiger charge is 2.11. The zero-order chi connectivity index (χ0) is 23.5. The Bertz CT molecular complexity index is 1490. The van der Waals surface area contributed by atoms with Gasteiger partial charge in [0.25, 0.3) is 0 Å². The number of nitrogens with one attached hydrogen (secondary N) is 3. The molecule has 168 valence electrons. The summed E-state index contributed by atoms with van der Waals surface area (Å²) in [5.74, 6) is 0.0572. The lowest BCUT2D eigenvalue weighted by Crippen LogP contribution is -2.19. The molecule has 0 radical (unpaired) electrons. The molecule has 3 N–H and O–H groups in total. The quantitative estimate of drug-likeness (QED) is 0.270. The number of hydrogen-bond donors (Lipinski definition) is 3. The Morgan fingerprint density at radius 1 is 0.912 bits per heavy atom. The summed E-state index contributed by atoms with van der Waals surface area (Å²) >= 11 is 5.78. The largest absolute Gasteiger partial charge is 0.337 e. The Morgan fingerprint density at radius 2 is 1.68 bits per heavy atom. The van der Waals surface area contributed by atoms with E-state index in [1.54, 1.807) is 12.3 Å². The van der Waals surface area contributed by atoms with Crippen LogP contribution in [-0.4, -0.2) is 20.4 Å². The lowest BCUT2D eigenvalue weighted by molar-refractivity contribution is 0.262. The Balaban J connectivity index is 1.39. The number of benzene rings is 3. The highest BCUT2D eigenvalue weighted by atomic mass is 35.5. The molecule has 9 heteroatoms. The number of anilines is 4. The van der Waals surface area contributed by atoms with Gasteiger partial charge in [-0.25, -0.2) is 19.2 Å². The minimum absolute atomic E-state index is 0.0688. The predicted octanol–water partition coefficient (Wildman–Crippen LogP) is 6.58. The van der Waals surface area contributed by atoms with E-state index < -0.39 is 11.8 Å². The standard InChI is InChI=1S/C25H18ClFN6O/c26-20-14-19(9-10-21(20)27)31-25(34)30-18-8-4-5-16(13-18)22-15-33-12-11-28-24(33)23(32-22)29-17-6-2-1-3-7-17/h1-15H,(H,29,32)(H2,30,31,34).